The van der Waals surface area contributed by atoms with Crippen molar-refractivity contribution < 1.29 is 0 Å². The summed E-state index contributed by atoms with van der Waals surface area (Å²) in [5, 5.41) is 0. The predicted molar refractivity (Wildman–Crippen MR) is 84.5 cm³/mol. The Bertz CT molecular complexity index is 764. The molecule has 0 bridgehead atoms. The molecule has 0 spiro atoms. The number of hydrogen-bond donors (Lipinski definition) is 0. The van der Waals surface area contributed by atoms with E-state index in [2.05, 4.69) is 47.2 Å². The van der Waals surface area contributed by atoms with E-state index in [4.69, 9.17) is 0 Å². The molecule has 3 rings (SSSR count). The van der Waals surface area contributed by atoms with Crippen molar-refractivity contribution in [2.45, 2.75) is 32.7 Å². The Morgan fingerprint density at radius 3 is 2.90 bits per heavy atom. The summed E-state index contributed by atoms with van der Waals surface area (Å²) in [5.74, 6) is 0.428. The maximum atomic E-state index is 4.58. The van der Waals surface area contributed by atoms with E-state index in [-0.39, 0.29) is 0 Å². The van der Waals surface area contributed by atoms with Gasteiger partial charge in [0.15, 0.2) is 0 Å². The van der Waals surface area contributed by atoms with Crippen molar-refractivity contribution in [1.82, 2.24) is 18.9 Å². The maximum Gasteiger partial charge on any atom is 0.136 e. The number of fused-ring (bicyclic) bond motifs is 1. The van der Waals surface area contributed by atoms with Gasteiger partial charge in [0.2, 0.25) is 0 Å². The van der Waals surface area contributed by atoms with Crippen LogP contribution in [0.1, 0.15) is 36.7 Å². The third-order valence-electron chi connectivity index (χ3n) is 3.67. The van der Waals surface area contributed by atoms with Crippen LogP contribution in [-0.2, 0) is 13.0 Å². The molecular weight excluding hydrogens is 260 g/mol. The van der Waals surface area contributed by atoms with E-state index in [1.54, 1.807) is 0 Å². The van der Waals surface area contributed by atoms with Gasteiger partial charge in [0.1, 0.15) is 5.65 Å². The average Bonchev–Trinajstić information content (AvgIpc) is 3.06. The molecule has 0 fully saturated rings. The highest BCUT2D eigenvalue weighted by molar-refractivity contribution is 5.39. The second-order valence-corrected chi connectivity index (χ2v) is 5.58. The molecule has 108 valence electrons. The zero-order chi connectivity index (χ0) is 14.8. The Morgan fingerprint density at radius 1 is 1.29 bits per heavy atom. The van der Waals surface area contributed by atoms with Gasteiger partial charge in [-0.1, -0.05) is 26.0 Å². The summed E-state index contributed by atoms with van der Waals surface area (Å²) in [5.41, 5.74) is 4.63. The molecule has 21 heavy (non-hydrogen) atoms. The molecule has 3 aromatic heterocycles. The van der Waals surface area contributed by atoms with Gasteiger partial charge >= 0.3 is 0 Å². The Kier molecular flexibility index (Phi) is 3.60. The second kappa shape index (κ2) is 5.56. The topological polar surface area (TPSA) is 35.1 Å². The van der Waals surface area contributed by atoms with Gasteiger partial charge in [0.25, 0.3) is 0 Å². The van der Waals surface area contributed by atoms with Gasteiger partial charge in [-0.15, -0.1) is 6.58 Å². The number of nitrogens with zero attached hydrogens (tertiary/aromatic N) is 4. The molecule has 4 heteroatoms. The van der Waals surface area contributed by atoms with E-state index in [0.717, 1.165) is 18.6 Å². The van der Waals surface area contributed by atoms with Gasteiger partial charge in [0.05, 0.1) is 18.6 Å². The lowest BCUT2D eigenvalue weighted by atomic mass is 10.1. The highest BCUT2D eigenvalue weighted by atomic mass is 15.1. The fourth-order valence-electron chi connectivity index (χ4n) is 2.66. The van der Waals surface area contributed by atoms with Crippen molar-refractivity contribution in [2.24, 2.45) is 0 Å². The van der Waals surface area contributed by atoms with Gasteiger partial charge in [-0.3, -0.25) is 0 Å². The predicted octanol–water partition coefficient (Wildman–Crippen LogP) is 3.43. The van der Waals surface area contributed by atoms with Crippen LogP contribution >= 0.6 is 0 Å². The molecule has 0 saturated carbocycles. The minimum atomic E-state index is 0.428. The van der Waals surface area contributed by atoms with Gasteiger partial charge in [-0.2, -0.15) is 0 Å². The monoisotopic (exact) mass is 280 g/mol. The van der Waals surface area contributed by atoms with E-state index in [1.807, 2.05) is 35.3 Å². The third-order valence-corrected chi connectivity index (χ3v) is 3.67. The Morgan fingerprint density at radius 2 is 2.14 bits per heavy atom. The molecule has 0 N–H and O–H groups in total. The van der Waals surface area contributed by atoms with E-state index >= 15 is 0 Å². The quantitative estimate of drug-likeness (QED) is 0.671. The van der Waals surface area contributed by atoms with Crippen molar-refractivity contribution in [2.75, 3.05) is 0 Å². The molecule has 0 unspecified atom stereocenters. The van der Waals surface area contributed by atoms with E-state index in [9.17, 15) is 0 Å². The molecule has 3 heterocycles. The summed E-state index contributed by atoms with van der Waals surface area (Å²) >= 11 is 0. The summed E-state index contributed by atoms with van der Waals surface area (Å²) in [6.07, 6.45) is 10.6. The van der Waals surface area contributed by atoms with Crippen LogP contribution in [-0.4, -0.2) is 18.9 Å². The lowest BCUT2D eigenvalue weighted by molar-refractivity contribution is 0.738. The SMILES string of the molecule is C=CCc1c(C(C)C)ncn1Cc1ccc2nccn2c1. The van der Waals surface area contributed by atoms with Crippen molar-refractivity contribution in [3.05, 3.63) is 66.7 Å². The fourth-order valence-corrected chi connectivity index (χ4v) is 2.66. The third kappa shape index (κ3) is 2.61. The molecule has 0 aliphatic heterocycles. The first kappa shape index (κ1) is 13.6. The first-order valence-electron chi connectivity index (χ1n) is 7.25. The molecule has 0 radical (unpaired) electrons. The van der Waals surface area contributed by atoms with Crippen molar-refractivity contribution in [3.8, 4) is 0 Å². The zero-order valence-corrected chi connectivity index (χ0v) is 12.5. The van der Waals surface area contributed by atoms with Crippen LogP contribution in [0.2, 0.25) is 0 Å². The van der Waals surface area contributed by atoms with E-state index in [0.29, 0.717) is 5.92 Å². The number of aromatic nitrogens is 4. The lowest BCUT2D eigenvalue weighted by Gasteiger charge is -2.10. The summed E-state index contributed by atoms with van der Waals surface area (Å²) < 4.78 is 4.26. The van der Waals surface area contributed by atoms with Crippen LogP contribution < -0.4 is 0 Å². The molecule has 0 atom stereocenters. The van der Waals surface area contributed by atoms with Gasteiger partial charge in [-0.25, -0.2) is 9.97 Å². The highest BCUT2D eigenvalue weighted by Gasteiger charge is 2.13. The Balaban J connectivity index is 1.94. The maximum absolute atomic E-state index is 4.58. The number of pyridine rings is 1. The Labute approximate surface area is 124 Å². The molecule has 0 aliphatic carbocycles. The standard InChI is InChI=1S/C17H20N4/c1-4-5-15-17(13(2)3)19-12-21(15)11-14-6-7-16-18-8-9-20(16)10-14/h4,6-10,12-13H,1,5,11H2,2-3H3. The van der Waals surface area contributed by atoms with Crippen molar-refractivity contribution >= 4 is 5.65 Å². The fraction of sp³-hybridized carbons (Fsp3) is 0.294. The molecule has 4 nitrogen and oxygen atoms in total. The minimum Gasteiger partial charge on any atom is -0.330 e. The van der Waals surface area contributed by atoms with Gasteiger partial charge in [0, 0.05) is 30.7 Å². The number of imidazole rings is 2. The molecule has 0 amide bonds. The molecule has 0 aromatic carbocycles. The van der Waals surface area contributed by atoms with Crippen LogP contribution in [0.4, 0.5) is 0 Å². The number of allylic oxidation sites excluding steroid dienone is 1. The second-order valence-electron chi connectivity index (χ2n) is 5.58. The summed E-state index contributed by atoms with van der Waals surface area (Å²) in [6.45, 7) is 9.04. The van der Waals surface area contributed by atoms with Crippen molar-refractivity contribution in [1.29, 1.82) is 0 Å². The molecule has 0 aliphatic rings. The van der Waals surface area contributed by atoms with Crippen molar-refractivity contribution in [3.63, 3.8) is 0 Å². The van der Waals surface area contributed by atoms with Crippen LogP contribution in [0.5, 0.6) is 0 Å². The van der Waals surface area contributed by atoms with Crippen LogP contribution in [0.3, 0.4) is 0 Å². The molecular formula is C17H20N4. The van der Waals surface area contributed by atoms with Gasteiger partial charge in [-0.05, 0) is 17.5 Å². The Hall–Kier alpha value is -2.36. The summed E-state index contributed by atoms with van der Waals surface area (Å²) in [7, 11) is 0. The minimum absolute atomic E-state index is 0.428. The van der Waals surface area contributed by atoms with Gasteiger partial charge < -0.3 is 8.97 Å². The summed E-state index contributed by atoms with van der Waals surface area (Å²) in [6, 6.07) is 4.16. The number of hydrogen-bond acceptors (Lipinski definition) is 2. The molecule has 0 saturated heterocycles. The zero-order valence-electron chi connectivity index (χ0n) is 12.5. The van der Waals surface area contributed by atoms with E-state index < -0.39 is 0 Å². The lowest BCUT2D eigenvalue weighted by Crippen LogP contribution is -2.06. The first-order valence-corrected chi connectivity index (χ1v) is 7.25. The van der Waals surface area contributed by atoms with Crippen LogP contribution in [0.15, 0.2) is 49.7 Å². The van der Waals surface area contributed by atoms with Crippen LogP contribution in [0, 0.1) is 0 Å². The van der Waals surface area contributed by atoms with E-state index in [1.165, 1.54) is 17.0 Å². The normalized spacial score (nSPS) is 11.4. The van der Waals surface area contributed by atoms with Crippen LogP contribution in [0.25, 0.3) is 5.65 Å². The number of rotatable bonds is 5. The largest absolute Gasteiger partial charge is 0.330 e. The first-order chi connectivity index (χ1) is 10.2. The average molecular weight is 280 g/mol. The highest BCUT2D eigenvalue weighted by Crippen LogP contribution is 2.20. The smallest absolute Gasteiger partial charge is 0.136 e. The summed E-state index contributed by atoms with van der Waals surface area (Å²) in [4.78, 5) is 8.85. The molecule has 3 aromatic rings.